The molecule has 126 valence electrons. The molecule has 0 aliphatic heterocycles. The minimum Gasteiger partial charge on any atom is -0.548 e. The molecule has 24 heavy (non-hydrogen) atoms. The predicted molar refractivity (Wildman–Crippen MR) is 80.7 cm³/mol. The van der Waals surface area contributed by atoms with Crippen LogP contribution in [0.2, 0.25) is 0 Å². The number of carboxylic acid groups (broad SMARTS) is 1. The van der Waals surface area contributed by atoms with Gasteiger partial charge in [0.15, 0.2) is 0 Å². The van der Waals surface area contributed by atoms with E-state index < -0.39 is 27.5 Å². The lowest BCUT2D eigenvalue weighted by Crippen LogP contribution is -2.41. The molecule has 0 aliphatic carbocycles. The van der Waals surface area contributed by atoms with Gasteiger partial charge in [0.2, 0.25) is 0 Å². The summed E-state index contributed by atoms with van der Waals surface area (Å²) in [7, 11) is -4.30. The summed E-state index contributed by atoms with van der Waals surface area (Å²) in [5.41, 5.74) is -0.305. The molecule has 0 saturated heterocycles. The molecule has 0 bridgehead atoms. The van der Waals surface area contributed by atoms with Gasteiger partial charge < -0.3 is 15.0 Å². The fourth-order valence-corrected chi connectivity index (χ4v) is 3.33. The second-order valence-electron chi connectivity index (χ2n) is 4.65. The van der Waals surface area contributed by atoms with E-state index in [4.69, 9.17) is 0 Å². The molecule has 0 unspecified atom stereocenters. The summed E-state index contributed by atoms with van der Waals surface area (Å²) in [4.78, 5) is 20.5. The van der Waals surface area contributed by atoms with E-state index in [0.29, 0.717) is 4.31 Å². The van der Waals surface area contributed by atoms with Crippen LogP contribution in [0.3, 0.4) is 0 Å². The number of nitrogens with zero attached hydrogens (tertiary/aromatic N) is 2. The van der Waals surface area contributed by atoms with Crippen molar-refractivity contribution in [1.29, 1.82) is 0 Å². The average molecular weight is 351 g/mol. The Kier molecular flexibility index (Phi) is 4.69. The monoisotopic (exact) mass is 351 g/mol. The van der Waals surface area contributed by atoms with E-state index in [1.54, 1.807) is 0 Å². The SMILES string of the molecule is O=C([O-])CN(c1ccc(O)cc1)S(=O)(=O)c1ccc([N+](=O)[O-])cc1. The molecule has 9 nitrogen and oxygen atoms in total. The number of benzene rings is 2. The number of carbonyl (C=O) groups excluding carboxylic acids is 1. The third-order valence-electron chi connectivity index (χ3n) is 3.05. The van der Waals surface area contributed by atoms with Crippen molar-refractivity contribution >= 4 is 27.4 Å². The molecule has 0 atom stereocenters. The summed E-state index contributed by atoms with van der Waals surface area (Å²) in [6.45, 7) is -0.954. The molecular formula is C14H11N2O7S-. The molecule has 2 aromatic carbocycles. The minimum absolute atomic E-state index is 0.00430. The lowest BCUT2D eigenvalue weighted by molar-refractivity contribution is -0.384. The number of non-ortho nitro benzene ring substituents is 1. The van der Waals surface area contributed by atoms with Gasteiger partial charge in [-0.25, -0.2) is 8.42 Å². The summed E-state index contributed by atoms with van der Waals surface area (Å²) >= 11 is 0. The molecule has 0 amide bonds. The van der Waals surface area contributed by atoms with Gasteiger partial charge >= 0.3 is 0 Å². The first kappa shape index (κ1) is 17.2. The first-order valence-corrected chi connectivity index (χ1v) is 7.92. The van der Waals surface area contributed by atoms with Crippen LogP contribution in [0.4, 0.5) is 11.4 Å². The Balaban J connectivity index is 2.48. The van der Waals surface area contributed by atoms with Gasteiger partial charge in [0, 0.05) is 12.1 Å². The standard InChI is InChI=1S/C14H12N2O7S/c17-12-5-1-10(2-6-12)15(9-14(18)19)24(22,23)13-7-3-11(4-8-13)16(20)21/h1-8,17H,9H2,(H,18,19)/p-1. The highest BCUT2D eigenvalue weighted by Gasteiger charge is 2.25. The van der Waals surface area contributed by atoms with Gasteiger partial charge in [-0.3, -0.25) is 14.4 Å². The Morgan fingerprint density at radius 2 is 1.62 bits per heavy atom. The zero-order valence-electron chi connectivity index (χ0n) is 12.0. The topological polar surface area (TPSA) is 141 Å². The van der Waals surface area contributed by atoms with Crippen molar-refractivity contribution in [3.05, 3.63) is 58.6 Å². The number of carbonyl (C=O) groups is 1. The maximum Gasteiger partial charge on any atom is 0.269 e. The van der Waals surface area contributed by atoms with Gasteiger partial charge in [0.25, 0.3) is 15.7 Å². The van der Waals surface area contributed by atoms with Crippen molar-refractivity contribution in [3.63, 3.8) is 0 Å². The Morgan fingerprint density at radius 3 is 2.08 bits per heavy atom. The van der Waals surface area contributed by atoms with Crippen LogP contribution < -0.4 is 9.41 Å². The van der Waals surface area contributed by atoms with Crippen LogP contribution in [0.15, 0.2) is 53.4 Å². The summed E-state index contributed by atoms with van der Waals surface area (Å²) in [5.74, 6) is -1.76. The van der Waals surface area contributed by atoms with Crippen LogP contribution in [-0.4, -0.2) is 31.0 Å². The first-order valence-electron chi connectivity index (χ1n) is 6.48. The largest absolute Gasteiger partial charge is 0.548 e. The molecule has 2 aromatic rings. The smallest absolute Gasteiger partial charge is 0.269 e. The third kappa shape index (κ3) is 3.60. The lowest BCUT2D eigenvalue weighted by atomic mass is 10.3. The molecule has 0 fully saturated rings. The van der Waals surface area contributed by atoms with E-state index in [2.05, 4.69) is 0 Å². The summed E-state index contributed by atoms with van der Waals surface area (Å²) in [6.07, 6.45) is 0. The molecule has 0 aromatic heterocycles. The van der Waals surface area contributed by atoms with Gasteiger partial charge in [-0.1, -0.05) is 0 Å². The quantitative estimate of drug-likeness (QED) is 0.580. The Labute approximate surface area is 136 Å². The van der Waals surface area contributed by atoms with Gasteiger partial charge in [0.1, 0.15) is 5.75 Å². The zero-order valence-corrected chi connectivity index (χ0v) is 12.8. The third-order valence-corrected chi connectivity index (χ3v) is 4.83. The van der Waals surface area contributed by atoms with E-state index >= 15 is 0 Å². The number of aliphatic carboxylic acids is 1. The Hall–Kier alpha value is -3.14. The number of hydrogen-bond donors (Lipinski definition) is 1. The number of phenols is 1. The van der Waals surface area contributed by atoms with Crippen LogP contribution in [-0.2, 0) is 14.8 Å². The van der Waals surface area contributed by atoms with E-state index in [9.17, 15) is 33.5 Å². The van der Waals surface area contributed by atoms with E-state index in [1.165, 1.54) is 24.3 Å². The van der Waals surface area contributed by atoms with E-state index in [-0.39, 0.29) is 22.0 Å². The number of aromatic hydroxyl groups is 1. The van der Waals surface area contributed by atoms with Crippen LogP contribution in [0.5, 0.6) is 5.75 Å². The highest BCUT2D eigenvalue weighted by molar-refractivity contribution is 7.92. The van der Waals surface area contributed by atoms with E-state index in [1.807, 2.05) is 0 Å². The number of rotatable bonds is 6. The highest BCUT2D eigenvalue weighted by atomic mass is 32.2. The van der Waals surface area contributed by atoms with Crippen molar-refractivity contribution in [2.45, 2.75) is 4.90 Å². The second-order valence-corrected chi connectivity index (χ2v) is 6.51. The summed E-state index contributed by atoms with van der Waals surface area (Å²) in [6, 6.07) is 8.86. The molecular weight excluding hydrogens is 340 g/mol. The van der Waals surface area contributed by atoms with Crippen molar-refractivity contribution < 1.29 is 28.3 Å². The van der Waals surface area contributed by atoms with Crippen LogP contribution in [0, 0.1) is 10.1 Å². The average Bonchev–Trinajstić information content (AvgIpc) is 2.53. The second kappa shape index (κ2) is 6.54. The van der Waals surface area contributed by atoms with Gasteiger partial charge in [-0.15, -0.1) is 0 Å². The summed E-state index contributed by atoms with van der Waals surface area (Å²) in [5, 5.41) is 30.8. The van der Waals surface area contributed by atoms with E-state index in [0.717, 1.165) is 24.3 Å². The lowest BCUT2D eigenvalue weighted by Gasteiger charge is -2.24. The van der Waals surface area contributed by atoms with Crippen LogP contribution in [0.25, 0.3) is 0 Å². The molecule has 0 heterocycles. The maximum absolute atomic E-state index is 12.6. The molecule has 0 radical (unpaired) electrons. The molecule has 0 saturated carbocycles. The minimum atomic E-state index is -4.30. The molecule has 0 spiro atoms. The number of anilines is 1. The number of phenolic OH excluding ortho intramolecular Hbond substituents is 1. The normalized spacial score (nSPS) is 11.0. The van der Waals surface area contributed by atoms with Crippen molar-refractivity contribution in [1.82, 2.24) is 0 Å². The molecule has 10 heteroatoms. The Morgan fingerprint density at radius 1 is 1.08 bits per heavy atom. The Bertz CT molecular complexity index is 861. The van der Waals surface area contributed by atoms with Crippen molar-refractivity contribution in [2.24, 2.45) is 0 Å². The van der Waals surface area contributed by atoms with Crippen LogP contribution >= 0.6 is 0 Å². The number of nitro benzene ring substituents is 1. The summed E-state index contributed by atoms with van der Waals surface area (Å²) < 4.78 is 25.8. The zero-order chi connectivity index (χ0) is 17.9. The number of hydrogen-bond acceptors (Lipinski definition) is 7. The number of nitro groups is 1. The number of sulfonamides is 1. The first-order chi connectivity index (χ1) is 11.2. The van der Waals surface area contributed by atoms with Crippen molar-refractivity contribution in [2.75, 3.05) is 10.8 Å². The predicted octanol–water partition coefficient (Wildman–Crippen LogP) is 0.246. The van der Waals surface area contributed by atoms with Gasteiger partial charge in [-0.05, 0) is 36.4 Å². The maximum atomic E-state index is 12.6. The molecule has 0 aliphatic rings. The van der Waals surface area contributed by atoms with Crippen LogP contribution in [0.1, 0.15) is 0 Å². The molecule has 2 rings (SSSR count). The fraction of sp³-hybridized carbons (Fsp3) is 0.0714. The molecule has 1 N–H and O–H groups in total. The van der Waals surface area contributed by atoms with Crippen molar-refractivity contribution in [3.8, 4) is 5.75 Å². The van der Waals surface area contributed by atoms with Gasteiger partial charge in [-0.2, -0.15) is 0 Å². The van der Waals surface area contributed by atoms with Gasteiger partial charge in [0.05, 0.1) is 28.0 Å². The highest BCUT2D eigenvalue weighted by Crippen LogP contribution is 2.26. The fourth-order valence-electron chi connectivity index (χ4n) is 1.92. The number of carboxylic acids is 1.